The zero-order valence-electron chi connectivity index (χ0n) is 19.9. The Bertz CT molecular complexity index is 660. The van der Waals surface area contributed by atoms with Gasteiger partial charge in [0.15, 0.2) is 0 Å². The average molecular weight is 473 g/mol. The van der Waals surface area contributed by atoms with Crippen molar-refractivity contribution in [3.8, 4) is 0 Å². The third-order valence-corrected chi connectivity index (χ3v) is 6.59. The largest absolute Gasteiger partial charge is 0.480 e. The second-order valence-electron chi connectivity index (χ2n) is 8.97. The summed E-state index contributed by atoms with van der Waals surface area (Å²) in [5.74, 6) is -1.54. The number of hydrogen-bond donors (Lipinski definition) is 4. The van der Waals surface area contributed by atoms with Crippen LogP contribution in [-0.2, 0) is 19.2 Å². The predicted molar refractivity (Wildman–Crippen MR) is 126 cm³/mol. The lowest BCUT2D eigenvalue weighted by Gasteiger charge is -2.29. The molecule has 0 radical (unpaired) electrons. The van der Waals surface area contributed by atoms with Crippen molar-refractivity contribution in [3.05, 3.63) is 0 Å². The minimum atomic E-state index is -1.03. The van der Waals surface area contributed by atoms with Crippen molar-refractivity contribution in [2.45, 2.75) is 84.0 Å². The zero-order valence-corrected chi connectivity index (χ0v) is 20.7. The van der Waals surface area contributed by atoms with E-state index in [0.717, 1.165) is 6.42 Å². The first kappa shape index (κ1) is 28.2. The number of nitrogens with two attached hydrogens (primary N) is 1. The van der Waals surface area contributed by atoms with Crippen LogP contribution >= 0.6 is 11.8 Å². The monoisotopic (exact) mass is 472 g/mol. The Balaban J connectivity index is 2.98. The summed E-state index contributed by atoms with van der Waals surface area (Å²) in [6, 6.07) is -3.26. The van der Waals surface area contributed by atoms with Crippen molar-refractivity contribution in [3.63, 3.8) is 0 Å². The highest BCUT2D eigenvalue weighted by atomic mass is 32.2. The Morgan fingerprint density at radius 1 is 1.12 bits per heavy atom. The summed E-state index contributed by atoms with van der Waals surface area (Å²) in [7, 11) is 0. The van der Waals surface area contributed by atoms with Gasteiger partial charge < -0.3 is 26.4 Å². The highest BCUT2D eigenvalue weighted by molar-refractivity contribution is 7.98. The molecule has 32 heavy (non-hydrogen) atoms. The number of thioether (sulfide) groups is 1. The molecule has 5 N–H and O–H groups in total. The van der Waals surface area contributed by atoms with Crippen LogP contribution in [-0.4, -0.2) is 76.4 Å². The third-order valence-electron chi connectivity index (χ3n) is 5.95. The van der Waals surface area contributed by atoms with Crippen molar-refractivity contribution in [1.29, 1.82) is 0 Å². The van der Waals surface area contributed by atoms with E-state index in [4.69, 9.17) is 5.73 Å². The van der Waals surface area contributed by atoms with Gasteiger partial charge in [0.05, 0.1) is 6.04 Å². The van der Waals surface area contributed by atoms with Crippen LogP contribution in [0.3, 0.4) is 0 Å². The fourth-order valence-corrected chi connectivity index (χ4v) is 4.21. The standard InChI is InChI=1S/C22H40N4O5S/c1-6-14(4)18(23)20(28)25-16(12-13(2)3)19(27)24-15(9-11-32-5)21(29)26-10-7-8-17(26)22(30)31/h13-18H,6-12,23H2,1-5H3,(H,24,27)(H,25,28)(H,30,31). The molecule has 1 heterocycles. The van der Waals surface area contributed by atoms with Gasteiger partial charge in [-0.1, -0.05) is 34.1 Å². The molecule has 5 unspecified atom stereocenters. The van der Waals surface area contributed by atoms with Crippen LogP contribution in [0.4, 0.5) is 0 Å². The highest BCUT2D eigenvalue weighted by Gasteiger charge is 2.38. The molecule has 1 saturated heterocycles. The number of amides is 3. The molecule has 1 aliphatic rings. The van der Waals surface area contributed by atoms with Gasteiger partial charge in [-0.25, -0.2) is 4.79 Å². The number of carboxylic acid groups (broad SMARTS) is 1. The van der Waals surface area contributed by atoms with E-state index in [1.54, 1.807) is 0 Å². The van der Waals surface area contributed by atoms with E-state index < -0.39 is 42.0 Å². The second-order valence-corrected chi connectivity index (χ2v) is 9.96. The lowest BCUT2D eigenvalue weighted by molar-refractivity contribution is -0.149. The fraction of sp³-hybridized carbons (Fsp3) is 0.818. The van der Waals surface area contributed by atoms with Gasteiger partial charge in [0.2, 0.25) is 17.7 Å². The van der Waals surface area contributed by atoms with Crippen LogP contribution in [0.2, 0.25) is 0 Å². The molecule has 1 rings (SSSR count). The Morgan fingerprint density at radius 2 is 1.75 bits per heavy atom. The van der Waals surface area contributed by atoms with Gasteiger partial charge in [-0.15, -0.1) is 0 Å². The molecule has 1 fully saturated rings. The predicted octanol–water partition coefficient (Wildman–Crippen LogP) is 1.20. The fourth-order valence-electron chi connectivity index (χ4n) is 3.74. The molecule has 9 nitrogen and oxygen atoms in total. The molecule has 5 atom stereocenters. The maximum Gasteiger partial charge on any atom is 0.326 e. The molecule has 0 aliphatic carbocycles. The first-order chi connectivity index (χ1) is 15.0. The minimum absolute atomic E-state index is 0.0308. The first-order valence-electron chi connectivity index (χ1n) is 11.4. The minimum Gasteiger partial charge on any atom is -0.480 e. The third kappa shape index (κ3) is 8.27. The number of carbonyl (C=O) groups is 4. The summed E-state index contributed by atoms with van der Waals surface area (Å²) < 4.78 is 0. The summed E-state index contributed by atoms with van der Waals surface area (Å²) in [6.07, 6.45) is 4.44. The van der Waals surface area contributed by atoms with Gasteiger partial charge in [-0.2, -0.15) is 11.8 Å². The smallest absolute Gasteiger partial charge is 0.326 e. The topological polar surface area (TPSA) is 142 Å². The van der Waals surface area contributed by atoms with Gasteiger partial charge >= 0.3 is 5.97 Å². The van der Waals surface area contributed by atoms with Crippen molar-refractivity contribution < 1.29 is 24.3 Å². The Hall–Kier alpha value is -1.81. The van der Waals surface area contributed by atoms with Crippen LogP contribution in [0.15, 0.2) is 0 Å². The molecule has 0 bridgehead atoms. The van der Waals surface area contributed by atoms with Crippen LogP contribution in [0.5, 0.6) is 0 Å². The van der Waals surface area contributed by atoms with E-state index in [1.165, 1.54) is 16.7 Å². The van der Waals surface area contributed by atoms with Gasteiger partial charge in [0.25, 0.3) is 0 Å². The number of hydrogen-bond acceptors (Lipinski definition) is 6. The molecule has 1 aliphatic heterocycles. The van der Waals surface area contributed by atoms with Crippen molar-refractivity contribution in [1.82, 2.24) is 15.5 Å². The first-order valence-corrected chi connectivity index (χ1v) is 12.8. The normalized spacial score (nSPS) is 19.8. The number of carboxylic acids is 1. The molecular weight excluding hydrogens is 432 g/mol. The molecule has 0 aromatic carbocycles. The maximum absolute atomic E-state index is 13.1. The summed E-state index contributed by atoms with van der Waals surface area (Å²) >= 11 is 1.54. The quantitative estimate of drug-likeness (QED) is 0.315. The molecule has 184 valence electrons. The van der Waals surface area contributed by atoms with Gasteiger partial charge in [0, 0.05) is 6.54 Å². The van der Waals surface area contributed by atoms with E-state index >= 15 is 0 Å². The highest BCUT2D eigenvalue weighted by Crippen LogP contribution is 2.20. The number of carbonyl (C=O) groups excluding carboxylic acids is 3. The summed E-state index contributed by atoms with van der Waals surface area (Å²) in [4.78, 5) is 51.7. The van der Waals surface area contributed by atoms with Crippen LogP contribution < -0.4 is 16.4 Å². The Labute approximate surface area is 195 Å². The SMILES string of the molecule is CCC(C)C(N)C(=O)NC(CC(C)C)C(=O)NC(CCSC)C(=O)N1CCCC1C(=O)O. The lowest BCUT2D eigenvalue weighted by Crippen LogP contribution is -2.58. The van der Waals surface area contributed by atoms with Gasteiger partial charge in [-0.05, 0) is 49.5 Å². The molecule has 0 saturated carbocycles. The summed E-state index contributed by atoms with van der Waals surface area (Å²) in [6.45, 7) is 8.07. The van der Waals surface area contributed by atoms with E-state index in [9.17, 15) is 24.3 Å². The van der Waals surface area contributed by atoms with E-state index in [-0.39, 0.29) is 17.7 Å². The van der Waals surface area contributed by atoms with Gasteiger partial charge in [0.1, 0.15) is 18.1 Å². The van der Waals surface area contributed by atoms with Crippen LogP contribution in [0, 0.1) is 11.8 Å². The number of nitrogens with zero attached hydrogens (tertiary/aromatic N) is 1. The van der Waals surface area contributed by atoms with Crippen LogP contribution in [0.1, 0.15) is 59.8 Å². The molecule has 0 aromatic heterocycles. The summed E-state index contributed by atoms with van der Waals surface area (Å²) in [5.41, 5.74) is 6.03. The molecular formula is C22H40N4O5S. The van der Waals surface area contributed by atoms with E-state index in [2.05, 4.69) is 10.6 Å². The molecule has 0 spiro atoms. The Kier molecular flexibility index (Phi) is 12.1. The lowest BCUT2D eigenvalue weighted by atomic mass is 9.97. The number of likely N-dealkylation sites (tertiary alicyclic amines) is 1. The summed E-state index contributed by atoms with van der Waals surface area (Å²) in [5, 5.41) is 15.0. The number of nitrogens with one attached hydrogen (secondary N) is 2. The molecule has 3 amide bonds. The van der Waals surface area contributed by atoms with Crippen LogP contribution in [0.25, 0.3) is 0 Å². The van der Waals surface area contributed by atoms with Gasteiger partial charge in [-0.3, -0.25) is 14.4 Å². The van der Waals surface area contributed by atoms with Crippen molar-refractivity contribution in [2.75, 3.05) is 18.6 Å². The van der Waals surface area contributed by atoms with Crippen molar-refractivity contribution in [2.24, 2.45) is 17.6 Å². The number of aliphatic carboxylic acids is 1. The molecule has 10 heteroatoms. The van der Waals surface area contributed by atoms with E-state index in [0.29, 0.717) is 38.0 Å². The van der Waals surface area contributed by atoms with E-state index in [1.807, 2.05) is 34.0 Å². The average Bonchev–Trinajstić information content (AvgIpc) is 3.24. The van der Waals surface area contributed by atoms with Crippen molar-refractivity contribution >= 4 is 35.5 Å². The second kappa shape index (κ2) is 13.7. The zero-order chi connectivity index (χ0) is 24.4. The Morgan fingerprint density at radius 3 is 2.28 bits per heavy atom. The molecule has 0 aromatic rings. The maximum atomic E-state index is 13.1. The number of rotatable bonds is 13.